The number of H-pyrrole nitrogens is 1. The molecule has 134 valence electrons. The minimum Gasteiger partial charge on any atom is -0.497 e. The number of anilines is 1. The Morgan fingerprint density at radius 1 is 1.19 bits per heavy atom. The molecule has 0 atom stereocenters. The summed E-state index contributed by atoms with van der Waals surface area (Å²) in [7, 11) is 1.56. The standard InChI is InChI=1S/C18H19N5O3/c1-10-9-15(20-17(25)13-5-7-14(26-4)8-6-13)23(22-10)18-19-12(3)11(2)16(24)21-18/h5-9H,1-4H3,(H,20,25)(H,19,21,24). The van der Waals surface area contributed by atoms with Gasteiger partial charge in [0.1, 0.15) is 11.6 Å². The van der Waals surface area contributed by atoms with Crippen molar-refractivity contribution >= 4 is 11.7 Å². The minimum atomic E-state index is -0.306. The minimum absolute atomic E-state index is 0.243. The maximum absolute atomic E-state index is 12.5. The van der Waals surface area contributed by atoms with Crippen LogP contribution in [-0.2, 0) is 0 Å². The van der Waals surface area contributed by atoms with E-state index in [1.54, 1.807) is 58.2 Å². The van der Waals surface area contributed by atoms with Crippen LogP contribution in [0.3, 0.4) is 0 Å². The number of hydrogen-bond acceptors (Lipinski definition) is 5. The van der Waals surface area contributed by atoms with E-state index in [-0.39, 0.29) is 17.4 Å². The number of carbonyl (C=O) groups excluding carboxylic acids is 1. The third kappa shape index (κ3) is 3.34. The SMILES string of the molecule is COc1ccc(C(=O)Nc2cc(C)nn2-c2nc(C)c(C)c(=O)[nH]2)cc1. The highest BCUT2D eigenvalue weighted by molar-refractivity contribution is 6.04. The molecule has 0 aliphatic carbocycles. The van der Waals surface area contributed by atoms with E-state index < -0.39 is 0 Å². The average molecular weight is 353 g/mol. The summed E-state index contributed by atoms with van der Waals surface area (Å²) in [6.45, 7) is 5.24. The summed E-state index contributed by atoms with van der Waals surface area (Å²) < 4.78 is 6.50. The molecule has 1 aromatic carbocycles. The molecule has 0 saturated carbocycles. The van der Waals surface area contributed by atoms with Crippen LogP contribution in [-0.4, -0.2) is 32.8 Å². The average Bonchev–Trinajstić information content (AvgIpc) is 2.99. The van der Waals surface area contributed by atoms with E-state index in [1.807, 2.05) is 0 Å². The monoisotopic (exact) mass is 353 g/mol. The third-order valence-electron chi connectivity index (χ3n) is 4.01. The van der Waals surface area contributed by atoms with Crippen molar-refractivity contribution in [2.75, 3.05) is 12.4 Å². The lowest BCUT2D eigenvalue weighted by atomic mass is 10.2. The first-order valence-corrected chi connectivity index (χ1v) is 7.99. The van der Waals surface area contributed by atoms with Crippen LogP contribution in [0.1, 0.15) is 27.3 Å². The van der Waals surface area contributed by atoms with E-state index in [0.717, 1.165) is 0 Å². The number of hydrogen-bond donors (Lipinski definition) is 2. The number of aromatic nitrogens is 4. The highest BCUT2D eigenvalue weighted by Gasteiger charge is 2.15. The van der Waals surface area contributed by atoms with Crippen LogP contribution < -0.4 is 15.6 Å². The van der Waals surface area contributed by atoms with E-state index in [1.165, 1.54) is 4.68 Å². The van der Waals surface area contributed by atoms with Gasteiger partial charge < -0.3 is 10.1 Å². The second-order valence-corrected chi connectivity index (χ2v) is 5.87. The Labute approximate surface area is 149 Å². The molecule has 8 nitrogen and oxygen atoms in total. The molecule has 2 heterocycles. The van der Waals surface area contributed by atoms with Gasteiger partial charge in [0.2, 0.25) is 5.95 Å². The zero-order chi connectivity index (χ0) is 18.8. The Kier molecular flexibility index (Phi) is 4.57. The van der Waals surface area contributed by atoms with Gasteiger partial charge in [0.15, 0.2) is 0 Å². The number of nitrogens with zero attached hydrogens (tertiary/aromatic N) is 3. The zero-order valence-electron chi connectivity index (χ0n) is 15.0. The van der Waals surface area contributed by atoms with Crippen molar-refractivity contribution in [2.24, 2.45) is 0 Å². The second-order valence-electron chi connectivity index (χ2n) is 5.87. The van der Waals surface area contributed by atoms with Crippen LogP contribution in [0.5, 0.6) is 5.75 Å². The van der Waals surface area contributed by atoms with Crippen molar-refractivity contribution in [1.29, 1.82) is 0 Å². The number of amides is 1. The van der Waals surface area contributed by atoms with E-state index in [0.29, 0.717) is 34.1 Å². The number of rotatable bonds is 4. The van der Waals surface area contributed by atoms with E-state index >= 15 is 0 Å². The lowest BCUT2D eigenvalue weighted by molar-refractivity contribution is 0.102. The summed E-state index contributed by atoms with van der Waals surface area (Å²) >= 11 is 0. The molecular formula is C18H19N5O3. The molecule has 2 N–H and O–H groups in total. The van der Waals surface area contributed by atoms with Gasteiger partial charge in [-0.25, -0.2) is 4.98 Å². The predicted octanol–water partition coefficient (Wildman–Crippen LogP) is 2.14. The first-order chi connectivity index (χ1) is 12.4. The van der Waals surface area contributed by atoms with Crippen molar-refractivity contribution in [3.63, 3.8) is 0 Å². The Bertz CT molecular complexity index is 1020. The van der Waals surface area contributed by atoms with Gasteiger partial charge in [-0.15, -0.1) is 0 Å². The summed E-state index contributed by atoms with van der Waals surface area (Å²) in [6.07, 6.45) is 0. The molecule has 26 heavy (non-hydrogen) atoms. The van der Waals surface area contributed by atoms with Crippen molar-refractivity contribution in [1.82, 2.24) is 19.7 Å². The number of nitrogens with one attached hydrogen (secondary N) is 2. The molecule has 0 saturated heterocycles. The van der Waals surface area contributed by atoms with Crippen LogP contribution in [0.15, 0.2) is 35.1 Å². The molecule has 0 spiro atoms. The molecule has 1 amide bonds. The molecule has 0 fully saturated rings. The topological polar surface area (TPSA) is 102 Å². The van der Waals surface area contributed by atoms with Gasteiger partial charge in [0.05, 0.1) is 12.8 Å². The molecule has 3 aromatic rings. The molecule has 0 bridgehead atoms. The molecule has 0 aliphatic heterocycles. The van der Waals surface area contributed by atoms with E-state index in [4.69, 9.17) is 4.74 Å². The van der Waals surface area contributed by atoms with Crippen molar-refractivity contribution in [3.8, 4) is 11.7 Å². The second kappa shape index (κ2) is 6.83. The van der Waals surface area contributed by atoms with Crippen molar-refractivity contribution in [3.05, 3.63) is 63.2 Å². The Morgan fingerprint density at radius 3 is 2.50 bits per heavy atom. The number of carbonyl (C=O) groups is 1. The van der Waals surface area contributed by atoms with Crippen LogP contribution in [0.2, 0.25) is 0 Å². The molecule has 8 heteroatoms. The summed E-state index contributed by atoms with van der Waals surface area (Å²) in [5.74, 6) is 1.02. The zero-order valence-corrected chi connectivity index (χ0v) is 15.0. The highest BCUT2D eigenvalue weighted by atomic mass is 16.5. The van der Waals surface area contributed by atoms with Gasteiger partial charge in [-0.3, -0.25) is 14.6 Å². The van der Waals surface area contributed by atoms with Crippen molar-refractivity contribution < 1.29 is 9.53 Å². The number of aromatic amines is 1. The van der Waals surface area contributed by atoms with Crippen LogP contribution in [0.4, 0.5) is 5.82 Å². The number of benzene rings is 1. The number of methoxy groups -OCH3 is 1. The largest absolute Gasteiger partial charge is 0.497 e. The molecule has 3 rings (SSSR count). The fourth-order valence-corrected chi connectivity index (χ4v) is 2.41. The third-order valence-corrected chi connectivity index (χ3v) is 4.01. The van der Waals surface area contributed by atoms with Crippen LogP contribution in [0.25, 0.3) is 5.95 Å². The maximum Gasteiger partial charge on any atom is 0.256 e. The van der Waals surface area contributed by atoms with Crippen LogP contribution >= 0.6 is 0 Å². The van der Waals surface area contributed by atoms with E-state index in [2.05, 4.69) is 20.4 Å². The first-order valence-electron chi connectivity index (χ1n) is 7.99. The lowest BCUT2D eigenvalue weighted by Crippen LogP contribution is -2.20. The Balaban J connectivity index is 1.94. The molecule has 0 unspecified atom stereocenters. The van der Waals surface area contributed by atoms with Gasteiger partial charge in [-0.1, -0.05) is 0 Å². The fourth-order valence-electron chi connectivity index (χ4n) is 2.41. The van der Waals surface area contributed by atoms with Gasteiger partial charge in [0, 0.05) is 22.9 Å². The van der Waals surface area contributed by atoms with Crippen molar-refractivity contribution in [2.45, 2.75) is 20.8 Å². The fraction of sp³-hybridized carbons (Fsp3) is 0.222. The molecule has 0 aliphatic rings. The Morgan fingerprint density at radius 2 is 1.88 bits per heavy atom. The summed E-state index contributed by atoms with van der Waals surface area (Å²) in [6, 6.07) is 8.45. The summed E-state index contributed by atoms with van der Waals surface area (Å²) in [5.41, 5.74) is 2.05. The summed E-state index contributed by atoms with van der Waals surface area (Å²) in [5, 5.41) is 7.11. The van der Waals surface area contributed by atoms with Gasteiger partial charge in [-0.05, 0) is 45.0 Å². The molecular weight excluding hydrogens is 334 g/mol. The summed E-state index contributed by atoms with van der Waals surface area (Å²) in [4.78, 5) is 31.6. The molecule has 0 radical (unpaired) electrons. The normalized spacial score (nSPS) is 10.6. The van der Waals surface area contributed by atoms with Gasteiger partial charge in [-0.2, -0.15) is 9.78 Å². The highest BCUT2D eigenvalue weighted by Crippen LogP contribution is 2.17. The first kappa shape index (κ1) is 17.4. The van der Waals surface area contributed by atoms with E-state index in [9.17, 15) is 9.59 Å². The van der Waals surface area contributed by atoms with Gasteiger partial charge in [0.25, 0.3) is 11.5 Å². The number of ether oxygens (including phenoxy) is 1. The lowest BCUT2D eigenvalue weighted by Gasteiger charge is -2.09. The molecule has 2 aromatic heterocycles. The smallest absolute Gasteiger partial charge is 0.256 e. The predicted molar refractivity (Wildman–Crippen MR) is 97.1 cm³/mol. The quantitative estimate of drug-likeness (QED) is 0.748. The van der Waals surface area contributed by atoms with Crippen LogP contribution in [0, 0.1) is 20.8 Å². The van der Waals surface area contributed by atoms with Gasteiger partial charge >= 0.3 is 0 Å². The Hall–Kier alpha value is -3.42. The number of aryl methyl sites for hydroxylation is 2. The maximum atomic E-state index is 12.5.